The molecule has 10 heteroatoms. The second-order valence-corrected chi connectivity index (χ2v) is 6.17. The molecule has 5 atom stereocenters. The van der Waals surface area contributed by atoms with Crippen molar-refractivity contribution < 1.29 is 35.3 Å². The molecule has 1 aromatic carbocycles. The van der Waals surface area contributed by atoms with E-state index in [1.807, 2.05) is 0 Å². The Morgan fingerprint density at radius 3 is 2.27 bits per heavy atom. The molecular weight excluding hydrogens is 346 g/mol. The van der Waals surface area contributed by atoms with Gasteiger partial charge in [-0.05, 0) is 24.1 Å². The summed E-state index contributed by atoms with van der Waals surface area (Å²) < 4.78 is 5.66. The molecule has 2 rings (SSSR count). The van der Waals surface area contributed by atoms with Crippen LogP contribution in [-0.2, 0) is 11.2 Å². The first-order chi connectivity index (χ1) is 12.3. The predicted molar refractivity (Wildman–Crippen MR) is 89.8 cm³/mol. The van der Waals surface area contributed by atoms with Gasteiger partial charge in [-0.2, -0.15) is 0 Å². The Balaban J connectivity index is 2.01. The molecule has 1 fully saturated rings. The standard InChI is InChI=1S/C16H25N3O7/c1-17-16(23)18-10-4-2-9(3-5-10)8-12-14(21)15(22)13(20)11(26-12)6-7-19(24)25/h2-5,11-15,20-22,24-25H,6-8H2,1H3,(H2,17,18,23)/t11?,12-,13-,14?,15?/m1/s1. The number of carbonyl (C=O) groups is 1. The van der Waals surface area contributed by atoms with Gasteiger partial charge in [0.1, 0.15) is 18.3 Å². The highest BCUT2D eigenvalue weighted by Gasteiger charge is 2.43. The summed E-state index contributed by atoms with van der Waals surface area (Å²) in [6.07, 6.45) is -5.33. The minimum atomic E-state index is -1.40. The van der Waals surface area contributed by atoms with Gasteiger partial charge in [0.25, 0.3) is 0 Å². The molecule has 1 heterocycles. The SMILES string of the molecule is CNC(=O)Nc1ccc(C[C@H]2OC(CCN(O)O)[C@@H](O)C(O)C2O)cc1. The predicted octanol–water partition coefficient (Wildman–Crippen LogP) is -0.699. The van der Waals surface area contributed by atoms with Gasteiger partial charge in [0.05, 0.1) is 18.8 Å². The average molecular weight is 371 g/mol. The number of benzene rings is 1. The van der Waals surface area contributed by atoms with Gasteiger partial charge in [-0.3, -0.25) is 10.4 Å². The highest BCUT2D eigenvalue weighted by Crippen LogP contribution is 2.26. The van der Waals surface area contributed by atoms with E-state index in [1.165, 1.54) is 7.05 Å². The second-order valence-electron chi connectivity index (χ2n) is 6.17. The van der Waals surface area contributed by atoms with Crippen molar-refractivity contribution in [3.8, 4) is 0 Å². The minimum absolute atomic E-state index is 0.0271. The van der Waals surface area contributed by atoms with Gasteiger partial charge in [0, 0.05) is 19.2 Å². The van der Waals surface area contributed by atoms with Gasteiger partial charge in [0.2, 0.25) is 0 Å². The van der Waals surface area contributed by atoms with Crippen molar-refractivity contribution in [1.29, 1.82) is 0 Å². The molecule has 1 aliphatic rings. The number of aliphatic hydroxyl groups excluding tert-OH is 3. The number of anilines is 1. The van der Waals surface area contributed by atoms with E-state index in [0.29, 0.717) is 5.69 Å². The molecule has 146 valence electrons. The number of carbonyl (C=O) groups excluding carboxylic acids is 1. The molecule has 0 radical (unpaired) electrons. The van der Waals surface area contributed by atoms with Crippen LogP contribution in [-0.4, -0.2) is 81.1 Å². The first kappa shape index (κ1) is 20.5. The summed E-state index contributed by atoms with van der Waals surface area (Å²) in [6, 6.07) is 6.54. The number of ether oxygens (including phenoxy) is 1. The van der Waals surface area contributed by atoms with Crippen LogP contribution in [0.5, 0.6) is 0 Å². The molecule has 0 spiro atoms. The maximum atomic E-state index is 11.3. The number of urea groups is 1. The first-order valence-electron chi connectivity index (χ1n) is 8.24. The van der Waals surface area contributed by atoms with Crippen LogP contribution >= 0.6 is 0 Å². The van der Waals surface area contributed by atoms with Gasteiger partial charge in [-0.15, -0.1) is 0 Å². The topological polar surface area (TPSA) is 155 Å². The molecule has 0 bridgehead atoms. The number of hydroxylamine groups is 2. The number of hydrogen-bond acceptors (Lipinski definition) is 8. The number of amides is 2. The molecule has 0 saturated carbocycles. The number of rotatable bonds is 6. The molecular formula is C16H25N3O7. The Morgan fingerprint density at radius 1 is 1.08 bits per heavy atom. The maximum Gasteiger partial charge on any atom is 0.318 e. The molecule has 2 amide bonds. The van der Waals surface area contributed by atoms with E-state index in [4.69, 9.17) is 15.2 Å². The number of aliphatic hydroxyl groups is 3. The summed E-state index contributed by atoms with van der Waals surface area (Å²) in [5.41, 5.74) is 1.39. The third-order valence-electron chi connectivity index (χ3n) is 4.30. The Bertz CT molecular complexity index is 584. The van der Waals surface area contributed by atoms with Gasteiger partial charge in [-0.25, -0.2) is 4.79 Å². The summed E-state index contributed by atoms with van der Waals surface area (Å²) in [7, 11) is 1.51. The molecule has 0 aliphatic carbocycles. The molecule has 26 heavy (non-hydrogen) atoms. The van der Waals surface area contributed by atoms with E-state index in [1.54, 1.807) is 24.3 Å². The lowest BCUT2D eigenvalue weighted by Gasteiger charge is -2.41. The second kappa shape index (κ2) is 9.24. The highest BCUT2D eigenvalue weighted by atomic mass is 16.8. The Hall–Kier alpha value is -1.79. The van der Waals surface area contributed by atoms with E-state index < -0.39 is 30.5 Å². The van der Waals surface area contributed by atoms with Crippen molar-refractivity contribution in [3.63, 3.8) is 0 Å². The highest BCUT2D eigenvalue weighted by molar-refractivity contribution is 5.88. The zero-order valence-electron chi connectivity index (χ0n) is 14.3. The molecule has 1 aromatic rings. The number of nitrogens with one attached hydrogen (secondary N) is 2. The van der Waals surface area contributed by atoms with Crippen LogP contribution in [0.4, 0.5) is 10.5 Å². The normalized spacial score (nSPS) is 28.8. The van der Waals surface area contributed by atoms with E-state index in [9.17, 15) is 20.1 Å². The lowest BCUT2D eigenvalue weighted by Crippen LogP contribution is -2.58. The average Bonchev–Trinajstić information content (AvgIpc) is 2.62. The molecule has 0 aromatic heterocycles. The fourth-order valence-electron chi connectivity index (χ4n) is 2.83. The molecule has 3 unspecified atom stereocenters. The van der Waals surface area contributed by atoms with Crippen molar-refractivity contribution in [2.24, 2.45) is 0 Å². The fraction of sp³-hybridized carbons (Fsp3) is 0.562. The fourth-order valence-corrected chi connectivity index (χ4v) is 2.83. The van der Waals surface area contributed by atoms with Crippen LogP contribution in [0.1, 0.15) is 12.0 Å². The summed E-state index contributed by atoms with van der Waals surface area (Å²) in [5.74, 6) is 0. The molecule has 1 saturated heterocycles. The summed E-state index contributed by atoms with van der Waals surface area (Å²) in [5, 5.41) is 52.8. The van der Waals surface area contributed by atoms with Crippen LogP contribution in [0.2, 0.25) is 0 Å². The minimum Gasteiger partial charge on any atom is -0.388 e. The first-order valence-corrected chi connectivity index (χ1v) is 8.24. The largest absolute Gasteiger partial charge is 0.388 e. The summed E-state index contributed by atoms with van der Waals surface area (Å²) in [4.78, 5) is 11.3. The van der Waals surface area contributed by atoms with Crippen molar-refractivity contribution in [2.75, 3.05) is 18.9 Å². The summed E-state index contributed by atoms with van der Waals surface area (Å²) in [6.45, 7) is -0.183. The monoisotopic (exact) mass is 371 g/mol. The third kappa shape index (κ3) is 5.35. The van der Waals surface area contributed by atoms with Crippen molar-refractivity contribution in [1.82, 2.24) is 10.5 Å². The quantitative estimate of drug-likeness (QED) is 0.324. The Kier molecular flexibility index (Phi) is 7.29. The van der Waals surface area contributed by atoms with Crippen molar-refractivity contribution in [3.05, 3.63) is 29.8 Å². The van der Waals surface area contributed by atoms with Gasteiger partial charge in [0.15, 0.2) is 0 Å². The third-order valence-corrected chi connectivity index (χ3v) is 4.30. The van der Waals surface area contributed by atoms with Crippen LogP contribution in [0.3, 0.4) is 0 Å². The van der Waals surface area contributed by atoms with E-state index >= 15 is 0 Å². The number of hydrogen-bond donors (Lipinski definition) is 7. The zero-order chi connectivity index (χ0) is 19.3. The van der Waals surface area contributed by atoms with E-state index in [2.05, 4.69) is 10.6 Å². The smallest absolute Gasteiger partial charge is 0.318 e. The molecule has 1 aliphatic heterocycles. The van der Waals surface area contributed by atoms with Crippen molar-refractivity contribution in [2.45, 2.75) is 43.4 Å². The van der Waals surface area contributed by atoms with E-state index in [-0.39, 0.29) is 30.6 Å². The van der Waals surface area contributed by atoms with Crippen molar-refractivity contribution >= 4 is 11.7 Å². The van der Waals surface area contributed by atoms with Gasteiger partial charge < -0.3 is 30.7 Å². The van der Waals surface area contributed by atoms with E-state index in [0.717, 1.165) is 5.56 Å². The van der Waals surface area contributed by atoms with Crippen LogP contribution in [0.15, 0.2) is 24.3 Å². The lowest BCUT2D eigenvalue weighted by atomic mass is 9.90. The van der Waals surface area contributed by atoms with Crippen LogP contribution < -0.4 is 10.6 Å². The van der Waals surface area contributed by atoms with Gasteiger partial charge in [-0.1, -0.05) is 17.4 Å². The molecule has 7 N–H and O–H groups in total. The van der Waals surface area contributed by atoms with Crippen LogP contribution in [0, 0.1) is 0 Å². The maximum absolute atomic E-state index is 11.3. The Morgan fingerprint density at radius 2 is 1.69 bits per heavy atom. The zero-order valence-corrected chi connectivity index (χ0v) is 14.3. The number of nitrogens with zero attached hydrogens (tertiary/aromatic N) is 1. The Labute approximate surface area is 150 Å². The molecule has 10 nitrogen and oxygen atoms in total. The lowest BCUT2D eigenvalue weighted by molar-refractivity contribution is -0.312. The van der Waals surface area contributed by atoms with Crippen LogP contribution in [0.25, 0.3) is 0 Å². The van der Waals surface area contributed by atoms with Gasteiger partial charge >= 0.3 is 6.03 Å². The summed E-state index contributed by atoms with van der Waals surface area (Å²) >= 11 is 0.